The maximum atomic E-state index is 12.9. The van der Waals surface area contributed by atoms with Crippen LogP contribution in [0.25, 0.3) is 11.3 Å². The first-order chi connectivity index (χ1) is 13.4. The van der Waals surface area contributed by atoms with E-state index in [1.807, 2.05) is 20.3 Å². The summed E-state index contributed by atoms with van der Waals surface area (Å²) in [5, 5.41) is 15.3. The molecule has 0 aliphatic rings. The fourth-order valence-corrected chi connectivity index (χ4v) is 2.86. The SMILES string of the molecule is CN(CCOc1ccc(F)cc1)Cc1cn(C)nc1-c1ccc([N+](=O)[O-])cc1. The number of nitro benzene ring substituents is 1. The number of ether oxygens (including phenoxy) is 1. The molecule has 146 valence electrons. The topological polar surface area (TPSA) is 73.4 Å². The van der Waals surface area contributed by atoms with Gasteiger partial charge in [-0.15, -0.1) is 0 Å². The van der Waals surface area contributed by atoms with Crippen LogP contribution in [0.1, 0.15) is 5.56 Å². The lowest BCUT2D eigenvalue weighted by Crippen LogP contribution is -2.24. The van der Waals surface area contributed by atoms with Crippen LogP contribution in [0.3, 0.4) is 0 Å². The van der Waals surface area contributed by atoms with Gasteiger partial charge in [-0.2, -0.15) is 5.10 Å². The van der Waals surface area contributed by atoms with Gasteiger partial charge in [0.05, 0.1) is 10.6 Å². The third-order valence-electron chi connectivity index (χ3n) is 4.25. The number of hydrogen-bond acceptors (Lipinski definition) is 5. The highest BCUT2D eigenvalue weighted by Gasteiger charge is 2.14. The Kier molecular flexibility index (Phi) is 6.00. The zero-order valence-electron chi connectivity index (χ0n) is 15.7. The normalized spacial score (nSPS) is 11.0. The summed E-state index contributed by atoms with van der Waals surface area (Å²) in [5.41, 5.74) is 2.69. The lowest BCUT2D eigenvalue weighted by Gasteiger charge is -2.17. The Morgan fingerprint density at radius 2 is 1.86 bits per heavy atom. The molecule has 0 saturated heterocycles. The van der Waals surface area contributed by atoms with Crippen LogP contribution in [-0.2, 0) is 13.6 Å². The fourth-order valence-electron chi connectivity index (χ4n) is 2.86. The largest absolute Gasteiger partial charge is 0.492 e. The minimum Gasteiger partial charge on any atom is -0.492 e. The van der Waals surface area contributed by atoms with Crippen LogP contribution in [0.4, 0.5) is 10.1 Å². The number of non-ortho nitro benzene ring substituents is 1. The second-order valence-electron chi connectivity index (χ2n) is 6.52. The van der Waals surface area contributed by atoms with E-state index in [4.69, 9.17) is 4.74 Å². The summed E-state index contributed by atoms with van der Waals surface area (Å²) < 4.78 is 20.3. The number of hydrogen-bond donors (Lipinski definition) is 0. The molecule has 0 bridgehead atoms. The van der Waals surface area contributed by atoms with E-state index >= 15 is 0 Å². The van der Waals surface area contributed by atoms with E-state index in [2.05, 4.69) is 10.00 Å². The fraction of sp³-hybridized carbons (Fsp3) is 0.250. The third-order valence-corrected chi connectivity index (χ3v) is 4.25. The zero-order valence-corrected chi connectivity index (χ0v) is 15.7. The lowest BCUT2D eigenvalue weighted by atomic mass is 10.1. The Bertz CT molecular complexity index is 939. The molecule has 7 nitrogen and oxygen atoms in total. The Hall–Kier alpha value is -3.26. The van der Waals surface area contributed by atoms with E-state index < -0.39 is 4.92 Å². The van der Waals surface area contributed by atoms with Gasteiger partial charge in [-0.25, -0.2) is 4.39 Å². The number of aromatic nitrogens is 2. The highest BCUT2D eigenvalue weighted by atomic mass is 19.1. The Labute approximate surface area is 162 Å². The molecule has 0 saturated carbocycles. The van der Waals surface area contributed by atoms with Crippen molar-refractivity contribution in [2.45, 2.75) is 6.54 Å². The molecule has 0 aliphatic heterocycles. The molecule has 1 aromatic heterocycles. The molecule has 3 aromatic rings. The molecule has 1 heterocycles. The predicted molar refractivity (Wildman–Crippen MR) is 104 cm³/mol. The van der Waals surface area contributed by atoms with Crippen LogP contribution in [0.15, 0.2) is 54.7 Å². The van der Waals surface area contributed by atoms with Gasteiger partial charge in [0.2, 0.25) is 0 Å². The minimum atomic E-state index is -0.419. The molecule has 3 rings (SSSR count). The molecular weight excluding hydrogens is 363 g/mol. The van der Waals surface area contributed by atoms with Gasteiger partial charge in [0.15, 0.2) is 0 Å². The number of likely N-dealkylation sites (N-methyl/N-ethyl adjacent to an activating group) is 1. The summed E-state index contributed by atoms with van der Waals surface area (Å²) in [4.78, 5) is 12.5. The second kappa shape index (κ2) is 8.62. The molecular formula is C20H21FN4O3. The molecule has 0 unspecified atom stereocenters. The number of nitrogens with zero attached hydrogens (tertiary/aromatic N) is 4. The van der Waals surface area contributed by atoms with Gasteiger partial charge in [0.1, 0.15) is 18.2 Å². The molecule has 28 heavy (non-hydrogen) atoms. The van der Waals surface area contributed by atoms with Crippen molar-refractivity contribution in [3.63, 3.8) is 0 Å². The first kappa shape index (κ1) is 19.5. The van der Waals surface area contributed by atoms with Crippen LogP contribution in [0.2, 0.25) is 0 Å². The van der Waals surface area contributed by atoms with E-state index in [1.165, 1.54) is 24.3 Å². The number of aryl methyl sites for hydroxylation is 1. The van der Waals surface area contributed by atoms with Crippen LogP contribution in [0, 0.1) is 15.9 Å². The number of rotatable bonds is 8. The van der Waals surface area contributed by atoms with E-state index in [0.717, 1.165) is 16.8 Å². The van der Waals surface area contributed by atoms with Gasteiger partial charge in [-0.05, 0) is 43.4 Å². The number of halogens is 1. The predicted octanol–water partition coefficient (Wildman–Crippen LogP) is 3.65. The van der Waals surface area contributed by atoms with Crippen LogP contribution >= 0.6 is 0 Å². The first-order valence-corrected chi connectivity index (χ1v) is 8.76. The van der Waals surface area contributed by atoms with Crippen LogP contribution < -0.4 is 4.74 Å². The molecule has 0 atom stereocenters. The van der Waals surface area contributed by atoms with E-state index in [-0.39, 0.29) is 11.5 Å². The monoisotopic (exact) mass is 384 g/mol. The van der Waals surface area contributed by atoms with Gasteiger partial charge in [0.25, 0.3) is 5.69 Å². The molecule has 0 aliphatic carbocycles. The lowest BCUT2D eigenvalue weighted by molar-refractivity contribution is -0.384. The molecule has 0 radical (unpaired) electrons. The molecule has 0 fully saturated rings. The number of benzene rings is 2. The van der Waals surface area contributed by atoms with Crippen molar-refractivity contribution < 1.29 is 14.1 Å². The Balaban J connectivity index is 1.62. The summed E-state index contributed by atoms with van der Waals surface area (Å²) in [6.07, 6.45) is 1.94. The molecule has 8 heteroatoms. The van der Waals surface area contributed by atoms with Crippen molar-refractivity contribution in [1.82, 2.24) is 14.7 Å². The molecule has 0 spiro atoms. The van der Waals surface area contributed by atoms with Gasteiger partial charge >= 0.3 is 0 Å². The van der Waals surface area contributed by atoms with Crippen molar-refractivity contribution in [2.75, 3.05) is 20.2 Å². The van der Waals surface area contributed by atoms with E-state index in [9.17, 15) is 14.5 Å². The summed E-state index contributed by atoms with van der Waals surface area (Å²) >= 11 is 0. The van der Waals surface area contributed by atoms with Crippen LogP contribution in [0.5, 0.6) is 5.75 Å². The van der Waals surface area contributed by atoms with E-state index in [1.54, 1.807) is 28.9 Å². The first-order valence-electron chi connectivity index (χ1n) is 8.76. The summed E-state index contributed by atoms with van der Waals surface area (Å²) in [6, 6.07) is 12.3. The smallest absolute Gasteiger partial charge is 0.269 e. The highest BCUT2D eigenvalue weighted by molar-refractivity contribution is 5.64. The van der Waals surface area contributed by atoms with Gasteiger partial charge in [-0.1, -0.05) is 0 Å². The van der Waals surface area contributed by atoms with Crippen molar-refractivity contribution in [1.29, 1.82) is 0 Å². The zero-order chi connectivity index (χ0) is 20.1. The summed E-state index contributed by atoms with van der Waals surface area (Å²) in [7, 11) is 3.82. The Morgan fingerprint density at radius 1 is 1.18 bits per heavy atom. The average Bonchev–Trinajstić information content (AvgIpc) is 3.03. The van der Waals surface area contributed by atoms with Gasteiger partial charge in [0, 0.05) is 49.6 Å². The quantitative estimate of drug-likeness (QED) is 0.438. The summed E-state index contributed by atoms with van der Waals surface area (Å²) in [6.45, 7) is 1.79. The Morgan fingerprint density at radius 3 is 2.50 bits per heavy atom. The van der Waals surface area contributed by atoms with Crippen molar-refractivity contribution >= 4 is 5.69 Å². The highest BCUT2D eigenvalue weighted by Crippen LogP contribution is 2.25. The number of nitro groups is 1. The maximum Gasteiger partial charge on any atom is 0.269 e. The van der Waals surface area contributed by atoms with E-state index in [0.29, 0.717) is 25.4 Å². The van der Waals surface area contributed by atoms with Crippen molar-refractivity contribution in [3.8, 4) is 17.0 Å². The molecule has 0 N–H and O–H groups in total. The average molecular weight is 384 g/mol. The maximum absolute atomic E-state index is 12.9. The molecule has 2 aromatic carbocycles. The van der Waals surface area contributed by atoms with Crippen molar-refractivity contribution in [2.24, 2.45) is 7.05 Å². The standard InChI is InChI=1S/C20H21FN4O3/c1-23(11-12-28-19-9-5-17(21)6-10-19)13-16-14-24(2)22-20(16)15-3-7-18(8-4-15)25(26)27/h3-10,14H,11-13H2,1-2H3. The second-order valence-corrected chi connectivity index (χ2v) is 6.52. The summed E-state index contributed by atoms with van der Waals surface area (Å²) in [5.74, 6) is 0.336. The van der Waals surface area contributed by atoms with Crippen molar-refractivity contribution in [3.05, 3.63) is 76.2 Å². The minimum absolute atomic E-state index is 0.0521. The van der Waals surface area contributed by atoms with Gasteiger partial charge < -0.3 is 4.74 Å². The third kappa shape index (κ3) is 4.92. The van der Waals surface area contributed by atoms with Gasteiger partial charge in [-0.3, -0.25) is 19.7 Å². The van der Waals surface area contributed by atoms with Crippen LogP contribution in [-0.4, -0.2) is 39.8 Å². The molecule has 0 amide bonds.